The summed E-state index contributed by atoms with van der Waals surface area (Å²) in [5.41, 5.74) is 6.04. The number of aromatic nitrogens is 4. The summed E-state index contributed by atoms with van der Waals surface area (Å²) in [5.74, 6) is 0.811. The summed E-state index contributed by atoms with van der Waals surface area (Å²) in [7, 11) is 0. The van der Waals surface area contributed by atoms with Crippen LogP contribution in [0.2, 0.25) is 0 Å². The molecule has 0 atom stereocenters. The minimum atomic E-state index is 0.596. The molecule has 3 aromatic rings. The van der Waals surface area contributed by atoms with Gasteiger partial charge in [0, 0.05) is 23.1 Å². The summed E-state index contributed by atoms with van der Waals surface area (Å²) < 4.78 is 0. The van der Waals surface area contributed by atoms with Gasteiger partial charge in [-0.1, -0.05) is 43.3 Å². The van der Waals surface area contributed by atoms with Crippen LogP contribution in [-0.4, -0.2) is 20.2 Å². The first-order valence-corrected chi connectivity index (χ1v) is 9.17. The quantitative estimate of drug-likeness (QED) is 0.688. The first-order valence-electron chi connectivity index (χ1n) is 9.17. The fourth-order valence-electron chi connectivity index (χ4n) is 2.94. The molecular formula is C22H25N5. The van der Waals surface area contributed by atoms with Crippen molar-refractivity contribution in [1.29, 1.82) is 0 Å². The predicted molar refractivity (Wildman–Crippen MR) is 110 cm³/mol. The van der Waals surface area contributed by atoms with Crippen molar-refractivity contribution < 1.29 is 0 Å². The van der Waals surface area contributed by atoms with Crippen LogP contribution in [0.4, 0.5) is 5.82 Å². The predicted octanol–water partition coefficient (Wildman–Crippen LogP) is 4.78. The van der Waals surface area contributed by atoms with E-state index in [2.05, 4.69) is 39.6 Å². The zero-order chi connectivity index (χ0) is 19.1. The standard InChI is InChI=1S/C22H25N5/c1-4-18-14-25-27-17(3)21(19-10-6-5-7-11-19)22(26-16(18)2)24-15-20-12-8-9-13-23-20/h5-14,27H,4,15H2,1-3H3,(H,24,26). The molecule has 0 bridgehead atoms. The molecule has 0 saturated carbocycles. The number of anilines is 1. The Labute approximate surface area is 160 Å². The van der Waals surface area contributed by atoms with Crippen molar-refractivity contribution in [3.63, 3.8) is 0 Å². The highest BCUT2D eigenvalue weighted by molar-refractivity contribution is 5.76. The normalized spacial score (nSPS) is 10.3. The van der Waals surface area contributed by atoms with E-state index >= 15 is 0 Å². The number of aryl methyl sites for hydroxylation is 3. The Morgan fingerprint density at radius 2 is 1.78 bits per heavy atom. The second kappa shape index (κ2) is 8.94. The second-order valence-corrected chi connectivity index (χ2v) is 6.34. The van der Waals surface area contributed by atoms with Gasteiger partial charge in [0.25, 0.3) is 0 Å². The van der Waals surface area contributed by atoms with Gasteiger partial charge in [-0.25, -0.2) is 4.98 Å². The van der Waals surface area contributed by atoms with Crippen molar-refractivity contribution in [1.82, 2.24) is 20.2 Å². The lowest BCUT2D eigenvalue weighted by atomic mass is 10.1. The summed E-state index contributed by atoms with van der Waals surface area (Å²) in [6.07, 6.45) is 4.53. The average Bonchev–Trinajstić information content (AvgIpc) is 2.76. The number of H-pyrrole nitrogens is 1. The minimum absolute atomic E-state index is 0.596. The van der Waals surface area contributed by atoms with Crippen LogP contribution in [0.5, 0.6) is 0 Å². The molecule has 2 heterocycles. The van der Waals surface area contributed by atoms with E-state index in [1.54, 1.807) is 6.20 Å². The number of rotatable bonds is 5. The fraction of sp³-hybridized carbons (Fsp3) is 0.227. The number of aromatic amines is 1. The highest BCUT2D eigenvalue weighted by Gasteiger charge is 2.10. The molecule has 27 heavy (non-hydrogen) atoms. The van der Waals surface area contributed by atoms with E-state index < -0.39 is 0 Å². The Balaban J connectivity index is 2.18. The highest BCUT2D eigenvalue weighted by Crippen LogP contribution is 2.28. The zero-order valence-corrected chi connectivity index (χ0v) is 16.0. The molecule has 138 valence electrons. The van der Waals surface area contributed by atoms with Crippen molar-refractivity contribution in [2.75, 3.05) is 5.32 Å². The van der Waals surface area contributed by atoms with Crippen molar-refractivity contribution in [2.45, 2.75) is 33.7 Å². The number of pyridine rings is 1. The molecule has 0 saturated heterocycles. The number of hydrogen-bond donors (Lipinski definition) is 2. The lowest BCUT2D eigenvalue weighted by Crippen LogP contribution is -2.05. The molecular weight excluding hydrogens is 334 g/mol. The van der Waals surface area contributed by atoms with Crippen LogP contribution in [0.3, 0.4) is 0 Å². The molecule has 0 aliphatic carbocycles. The minimum Gasteiger partial charge on any atom is -0.364 e. The van der Waals surface area contributed by atoms with Crippen LogP contribution in [-0.2, 0) is 13.0 Å². The second-order valence-electron chi connectivity index (χ2n) is 6.34. The molecule has 0 amide bonds. The highest BCUT2D eigenvalue weighted by atomic mass is 15.1. The molecule has 2 N–H and O–H groups in total. The largest absolute Gasteiger partial charge is 0.364 e. The first-order chi connectivity index (χ1) is 13.2. The van der Waals surface area contributed by atoms with Gasteiger partial charge in [0.15, 0.2) is 0 Å². The van der Waals surface area contributed by atoms with E-state index in [4.69, 9.17) is 4.98 Å². The molecule has 0 spiro atoms. The molecule has 3 rings (SSSR count). The fourth-order valence-corrected chi connectivity index (χ4v) is 2.94. The molecule has 1 aromatic carbocycles. The molecule has 0 aliphatic heterocycles. The average molecular weight is 359 g/mol. The molecule has 5 heteroatoms. The lowest BCUT2D eigenvalue weighted by molar-refractivity contribution is 0.972. The van der Waals surface area contributed by atoms with Crippen LogP contribution in [0.15, 0.2) is 60.9 Å². The summed E-state index contributed by atoms with van der Waals surface area (Å²) >= 11 is 0. The molecule has 0 aliphatic rings. The summed E-state index contributed by atoms with van der Waals surface area (Å²) in [5, 5.41) is 11.1. The SMILES string of the molecule is CCc1cn[nH]c(C)c(-c2ccccc2)c(NCc2ccccn2)nc1C. The summed E-state index contributed by atoms with van der Waals surface area (Å²) in [6.45, 7) is 6.75. The zero-order valence-electron chi connectivity index (χ0n) is 16.0. The van der Waals surface area contributed by atoms with E-state index in [0.29, 0.717) is 6.54 Å². The maximum atomic E-state index is 4.94. The van der Waals surface area contributed by atoms with E-state index in [9.17, 15) is 0 Å². The molecule has 0 radical (unpaired) electrons. The van der Waals surface area contributed by atoms with E-state index in [0.717, 1.165) is 46.0 Å². The van der Waals surface area contributed by atoms with Gasteiger partial charge in [0.2, 0.25) is 0 Å². The summed E-state index contributed by atoms with van der Waals surface area (Å²) in [6, 6.07) is 16.2. The first kappa shape index (κ1) is 18.6. The topological polar surface area (TPSA) is 66.5 Å². The van der Waals surface area contributed by atoms with Crippen LogP contribution in [0.25, 0.3) is 11.1 Å². The third kappa shape index (κ3) is 4.70. The molecule has 0 fully saturated rings. The van der Waals surface area contributed by atoms with Gasteiger partial charge in [-0.3, -0.25) is 10.1 Å². The van der Waals surface area contributed by atoms with Crippen molar-refractivity contribution in [3.8, 4) is 11.1 Å². The Morgan fingerprint density at radius 1 is 1.00 bits per heavy atom. The smallest absolute Gasteiger partial charge is 0.136 e. The Hall–Kier alpha value is -3.21. The number of hydrogen-bond acceptors (Lipinski definition) is 4. The third-order valence-electron chi connectivity index (χ3n) is 4.42. The molecule has 0 unspecified atom stereocenters. The molecule has 2 aromatic heterocycles. The van der Waals surface area contributed by atoms with Gasteiger partial charge in [0.05, 0.1) is 18.4 Å². The maximum absolute atomic E-state index is 4.94. The number of nitrogens with one attached hydrogen (secondary N) is 2. The van der Waals surface area contributed by atoms with Gasteiger partial charge < -0.3 is 5.32 Å². The van der Waals surface area contributed by atoms with Crippen molar-refractivity contribution >= 4 is 5.82 Å². The number of nitrogens with zero attached hydrogens (tertiary/aromatic N) is 3. The van der Waals surface area contributed by atoms with Crippen LogP contribution >= 0.6 is 0 Å². The monoisotopic (exact) mass is 359 g/mol. The van der Waals surface area contributed by atoms with Gasteiger partial charge in [0.1, 0.15) is 5.82 Å². The maximum Gasteiger partial charge on any atom is 0.136 e. The van der Waals surface area contributed by atoms with Crippen molar-refractivity contribution in [3.05, 3.63) is 83.6 Å². The lowest BCUT2D eigenvalue weighted by Gasteiger charge is -2.12. The van der Waals surface area contributed by atoms with E-state index in [1.165, 1.54) is 0 Å². The van der Waals surface area contributed by atoms with Gasteiger partial charge in [-0.05, 0) is 43.5 Å². The Kier molecular flexibility index (Phi) is 6.15. The third-order valence-corrected chi connectivity index (χ3v) is 4.42. The van der Waals surface area contributed by atoms with Gasteiger partial charge in [-0.2, -0.15) is 5.10 Å². The van der Waals surface area contributed by atoms with E-state index in [-0.39, 0.29) is 0 Å². The Morgan fingerprint density at radius 3 is 2.48 bits per heavy atom. The van der Waals surface area contributed by atoms with Crippen molar-refractivity contribution in [2.24, 2.45) is 0 Å². The van der Waals surface area contributed by atoms with E-state index in [1.807, 2.05) is 56.4 Å². The van der Waals surface area contributed by atoms with Gasteiger partial charge >= 0.3 is 0 Å². The summed E-state index contributed by atoms with van der Waals surface area (Å²) in [4.78, 5) is 9.34. The molecule has 5 nitrogen and oxygen atoms in total. The van der Waals surface area contributed by atoms with Gasteiger partial charge in [-0.15, -0.1) is 0 Å². The Bertz CT molecular complexity index is 932. The number of benzene rings is 1. The van der Waals surface area contributed by atoms with Crippen LogP contribution in [0, 0.1) is 13.8 Å². The van der Waals surface area contributed by atoms with Crippen LogP contribution in [0.1, 0.15) is 29.6 Å². The van der Waals surface area contributed by atoms with Crippen LogP contribution < -0.4 is 5.32 Å².